The Labute approximate surface area is 84.9 Å². The number of rotatable bonds is 4. The Hall–Kier alpha value is -1.41. The SMILES string of the molecule is CN(C)C/C(C=O)=C/c1ccccc1. The van der Waals surface area contributed by atoms with Crippen LogP contribution in [0.1, 0.15) is 5.56 Å². The maximum Gasteiger partial charge on any atom is 0.147 e. The van der Waals surface area contributed by atoms with Crippen molar-refractivity contribution in [2.75, 3.05) is 20.6 Å². The van der Waals surface area contributed by atoms with Crippen LogP contribution >= 0.6 is 0 Å². The Morgan fingerprint density at radius 3 is 2.43 bits per heavy atom. The third kappa shape index (κ3) is 3.54. The monoisotopic (exact) mass is 189 g/mol. The summed E-state index contributed by atoms with van der Waals surface area (Å²) >= 11 is 0. The summed E-state index contributed by atoms with van der Waals surface area (Å²) < 4.78 is 0. The summed E-state index contributed by atoms with van der Waals surface area (Å²) in [5, 5.41) is 0. The van der Waals surface area contributed by atoms with E-state index in [0.717, 1.165) is 17.4 Å². The van der Waals surface area contributed by atoms with Crippen LogP contribution in [-0.4, -0.2) is 31.8 Å². The van der Waals surface area contributed by atoms with Crippen molar-refractivity contribution >= 4 is 12.4 Å². The van der Waals surface area contributed by atoms with E-state index in [-0.39, 0.29) is 0 Å². The molecule has 0 amide bonds. The maximum atomic E-state index is 10.7. The first-order valence-corrected chi connectivity index (χ1v) is 4.58. The molecule has 1 aromatic rings. The molecule has 0 heterocycles. The number of nitrogens with zero attached hydrogens (tertiary/aromatic N) is 1. The molecule has 0 atom stereocenters. The highest BCUT2D eigenvalue weighted by molar-refractivity contribution is 5.82. The minimum absolute atomic E-state index is 0.679. The summed E-state index contributed by atoms with van der Waals surface area (Å²) in [6.45, 7) is 0.679. The van der Waals surface area contributed by atoms with Gasteiger partial charge in [-0.2, -0.15) is 0 Å². The van der Waals surface area contributed by atoms with Gasteiger partial charge in [-0.1, -0.05) is 30.3 Å². The molecule has 0 aliphatic carbocycles. The van der Waals surface area contributed by atoms with Crippen molar-refractivity contribution < 1.29 is 4.79 Å². The lowest BCUT2D eigenvalue weighted by atomic mass is 10.1. The number of benzene rings is 1. The summed E-state index contributed by atoms with van der Waals surface area (Å²) in [6, 6.07) is 9.86. The van der Waals surface area contributed by atoms with E-state index in [4.69, 9.17) is 0 Å². The normalized spacial score (nSPS) is 11.8. The first kappa shape index (κ1) is 10.7. The predicted molar refractivity (Wildman–Crippen MR) is 59.0 cm³/mol. The van der Waals surface area contributed by atoms with Crippen molar-refractivity contribution in [2.45, 2.75) is 0 Å². The Bertz CT molecular complexity index is 314. The largest absolute Gasteiger partial charge is 0.305 e. The standard InChI is InChI=1S/C12H15NO/c1-13(2)9-12(10-14)8-11-6-4-3-5-7-11/h3-8,10H,9H2,1-2H3/b12-8-. The molecule has 2 nitrogen and oxygen atoms in total. The summed E-state index contributed by atoms with van der Waals surface area (Å²) in [4.78, 5) is 12.7. The highest BCUT2D eigenvalue weighted by Gasteiger charge is 1.97. The van der Waals surface area contributed by atoms with Gasteiger partial charge in [-0.15, -0.1) is 0 Å². The van der Waals surface area contributed by atoms with Gasteiger partial charge >= 0.3 is 0 Å². The van der Waals surface area contributed by atoms with Crippen molar-refractivity contribution in [2.24, 2.45) is 0 Å². The molecular formula is C12H15NO. The number of carbonyl (C=O) groups excluding carboxylic acids is 1. The van der Waals surface area contributed by atoms with Crippen LogP contribution in [0.15, 0.2) is 35.9 Å². The fourth-order valence-corrected chi connectivity index (χ4v) is 1.25. The van der Waals surface area contributed by atoms with E-state index in [1.807, 2.05) is 55.4 Å². The van der Waals surface area contributed by atoms with Crippen LogP contribution in [-0.2, 0) is 4.79 Å². The second-order valence-corrected chi connectivity index (χ2v) is 3.49. The van der Waals surface area contributed by atoms with Gasteiger partial charge in [0.15, 0.2) is 0 Å². The van der Waals surface area contributed by atoms with Crippen LogP contribution in [0.5, 0.6) is 0 Å². The molecule has 1 aromatic carbocycles. The van der Waals surface area contributed by atoms with Crippen LogP contribution in [0.3, 0.4) is 0 Å². The van der Waals surface area contributed by atoms with Crippen molar-refractivity contribution in [3.63, 3.8) is 0 Å². The molecule has 0 bridgehead atoms. The fourth-order valence-electron chi connectivity index (χ4n) is 1.25. The average Bonchev–Trinajstić information content (AvgIpc) is 2.17. The van der Waals surface area contributed by atoms with E-state index >= 15 is 0 Å². The molecule has 0 aliphatic rings. The van der Waals surface area contributed by atoms with E-state index in [0.29, 0.717) is 6.54 Å². The molecule has 0 N–H and O–H groups in total. The molecule has 0 aromatic heterocycles. The third-order valence-electron chi connectivity index (χ3n) is 1.80. The average molecular weight is 189 g/mol. The molecule has 2 heteroatoms. The Morgan fingerprint density at radius 2 is 1.93 bits per heavy atom. The predicted octanol–water partition coefficient (Wildman–Crippen LogP) is 1.83. The van der Waals surface area contributed by atoms with Gasteiger partial charge in [-0.3, -0.25) is 4.79 Å². The highest BCUT2D eigenvalue weighted by atomic mass is 16.1. The van der Waals surface area contributed by atoms with E-state index in [1.165, 1.54) is 0 Å². The first-order valence-electron chi connectivity index (χ1n) is 4.58. The molecule has 14 heavy (non-hydrogen) atoms. The number of hydrogen-bond donors (Lipinski definition) is 0. The van der Waals surface area contributed by atoms with Crippen molar-refractivity contribution in [3.05, 3.63) is 41.5 Å². The van der Waals surface area contributed by atoms with Crippen molar-refractivity contribution in [3.8, 4) is 0 Å². The lowest BCUT2D eigenvalue weighted by molar-refractivity contribution is -0.105. The summed E-state index contributed by atoms with van der Waals surface area (Å²) in [5.74, 6) is 0. The fraction of sp³-hybridized carbons (Fsp3) is 0.250. The zero-order valence-electron chi connectivity index (χ0n) is 8.60. The topological polar surface area (TPSA) is 20.3 Å². The third-order valence-corrected chi connectivity index (χ3v) is 1.80. The lowest BCUT2D eigenvalue weighted by Crippen LogP contribution is -2.15. The van der Waals surface area contributed by atoms with Gasteiger partial charge < -0.3 is 4.90 Å². The summed E-state index contributed by atoms with van der Waals surface area (Å²) in [5.41, 5.74) is 1.86. The summed E-state index contributed by atoms with van der Waals surface area (Å²) in [6.07, 6.45) is 2.82. The number of aldehydes is 1. The Balaban J connectivity index is 2.79. The number of hydrogen-bond acceptors (Lipinski definition) is 2. The second-order valence-electron chi connectivity index (χ2n) is 3.49. The van der Waals surface area contributed by atoms with Gasteiger partial charge in [-0.05, 0) is 25.7 Å². The number of likely N-dealkylation sites (N-methyl/N-ethyl adjacent to an activating group) is 1. The smallest absolute Gasteiger partial charge is 0.147 e. The zero-order chi connectivity index (χ0) is 10.4. The van der Waals surface area contributed by atoms with Crippen LogP contribution in [0.25, 0.3) is 6.08 Å². The molecule has 1 rings (SSSR count). The minimum Gasteiger partial charge on any atom is -0.305 e. The van der Waals surface area contributed by atoms with E-state index < -0.39 is 0 Å². The molecule has 0 fully saturated rings. The van der Waals surface area contributed by atoms with E-state index in [2.05, 4.69) is 0 Å². The minimum atomic E-state index is 0.679. The zero-order valence-corrected chi connectivity index (χ0v) is 8.60. The molecule has 0 saturated carbocycles. The number of carbonyl (C=O) groups is 1. The first-order chi connectivity index (χ1) is 6.72. The van der Waals surface area contributed by atoms with Crippen LogP contribution in [0.4, 0.5) is 0 Å². The summed E-state index contributed by atoms with van der Waals surface area (Å²) in [7, 11) is 3.89. The second kappa shape index (κ2) is 5.35. The molecular weight excluding hydrogens is 174 g/mol. The van der Waals surface area contributed by atoms with Crippen LogP contribution in [0.2, 0.25) is 0 Å². The van der Waals surface area contributed by atoms with Gasteiger partial charge in [0, 0.05) is 12.1 Å². The van der Waals surface area contributed by atoms with E-state index in [9.17, 15) is 4.79 Å². The lowest BCUT2D eigenvalue weighted by Gasteiger charge is -2.08. The van der Waals surface area contributed by atoms with Crippen molar-refractivity contribution in [1.29, 1.82) is 0 Å². The maximum absolute atomic E-state index is 10.7. The Kier molecular flexibility index (Phi) is 4.08. The molecule has 0 radical (unpaired) electrons. The highest BCUT2D eigenvalue weighted by Crippen LogP contribution is 2.05. The van der Waals surface area contributed by atoms with Gasteiger partial charge in [-0.25, -0.2) is 0 Å². The van der Waals surface area contributed by atoms with Crippen LogP contribution < -0.4 is 0 Å². The quantitative estimate of drug-likeness (QED) is 0.532. The molecule has 0 unspecified atom stereocenters. The van der Waals surface area contributed by atoms with Gasteiger partial charge in [0.25, 0.3) is 0 Å². The van der Waals surface area contributed by atoms with Gasteiger partial charge in [0.1, 0.15) is 6.29 Å². The van der Waals surface area contributed by atoms with Gasteiger partial charge in [0.05, 0.1) is 0 Å². The molecule has 74 valence electrons. The molecule has 0 spiro atoms. The van der Waals surface area contributed by atoms with Gasteiger partial charge in [0.2, 0.25) is 0 Å². The van der Waals surface area contributed by atoms with Crippen molar-refractivity contribution in [1.82, 2.24) is 4.90 Å². The van der Waals surface area contributed by atoms with E-state index in [1.54, 1.807) is 0 Å². The molecule has 0 saturated heterocycles. The van der Waals surface area contributed by atoms with Crippen LogP contribution in [0, 0.1) is 0 Å². The Morgan fingerprint density at radius 1 is 1.29 bits per heavy atom. The molecule has 0 aliphatic heterocycles.